The van der Waals surface area contributed by atoms with Gasteiger partial charge in [0.05, 0.1) is 6.54 Å². The Hall–Kier alpha value is -0.0400. The number of hydrogen-bond donors (Lipinski definition) is 2. The van der Waals surface area contributed by atoms with E-state index in [0.717, 1.165) is 31.5 Å². The largest absolute Gasteiger partial charge is 0.357 e. The second-order valence-electron chi connectivity index (χ2n) is 5.42. The Bertz CT molecular complexity index is 266. The molecule has 2 N–H and O–H groups in total. The second kappa shape index (κ2) is 9.80. The number of rotatable bonds is 7. The van der Waals surface area contributed by atoms with Crippen LogP contribution in [-0.2, 0) is 0 Å². The molecule has 1 fully saturated rings. The molecule has 1 aliphatic carbocycles. The number of nitrogens with one attached hydrogen (secondary N) is 2. The van der Waals surface area contributed by atoms with E-state index in [1.807, 2.05) is 0 Å². The molecule has 5 heteroatoms. The van der Waals surface area contributed by atoms with E-state index in [1.165, 1.54) is 12.8 Å². The average Bonchev–Trinajstić information content (AvgIpc) is 3.18. The van der Waals surface area contributed by atoms with Gasteiger partial charge in [0.2, 0.25) is 0 Å². The zero-order chi connectivity index (χ0) is 13.5. The van der Waals surface area contributed by atoms with Gasteiger partial charge < -0.3 is 10.6 Å². The van der Waals surface area contributed by atoms with E-state index in [9.17, 15) is 0 Å². The molecule has 0 aromatic rings. The van der Waals surface area contributed by atoms with Crippen molar-refractivity contribution in [1.29, 1.82) is 0 Å². The van der Waals surface area contributed by atoms with Crippen LogP contribution in [0.5, 0.6) is 0 Å². The number of guanidine groups is 1. The summed E-state index contributed by atoms with van der Waals surface area (Å²) in [5, 5.41) is 6.73. The molecule has 0 heterocycles. The number of halogens is 1. The van der Waals surface area contributed by atoms with Crippen molar-refractivity contribution in [2.45, 2.75) is 65.1 Å². The van der Waals surface area contributed by atoms with Crippen LogP contribution in [0.2, 0.25) is 0 Å². The van der Waals surface area contributed by atoms with E-state index < -0.39 is 0 Å². The first-order chi connectivity index (χ1) is 8.58. The maximum absolute atomic E-state index is 4.69. The Morgan fingerprint density at radius 1 is 1.32 bits per heavy atom. The SMILES string of the molecule is CCNC(=NCC(C)N(C)C1CC1)NC(C)CC.I. The summed E-state index contributed by atoms with van der Waals surface area (Å²) in [6, 6.07) is 1.80. The van der Waals surface area contributed by atoms with Crippen LogP contribution in [0.1, 0.15) is 47.0 Å². The molecule has 0 spiro atoms. The van der Waals surface area contributed by atoms with Crippen molar-refractivity contribution >= 4 is 29.9 Å². The van der Waals surface area contributed by atoms with Gasteiger partial charge in [0.25, 0.3) is 0 Å². The van der Waals surface area contributed by atoms with Gasteiger partial charge in [-0.15, -0.1) is 24.0 Å². The second-order valence-corrected chi connectivity index (χ2v) is 5.42. The number of nitrogens with zero attached hydrogens (tertiary/aromatic N) is 2. The Labute approximate surface area is 135 Å². The predicted octanol–water partition coefficient (Wildman–Crippen LogP) is 2.44. The molecule has 0 aliphatic heterocycles. The Kier molecular flexibility index (Phi) is 9.78. The molecule has 2 unspecified atom stereocenters. The number of likely N-dealkylation sites (N-methyl/N-ethyl adjacent to an activating group) is 1. The van der Waals surface area contributed by atoms with Crippen LogP contribution < -0.4 is 10.6 Å². The van der Waals surface area contributed by atoms with Crippen LogP contribution in [0.4, 0.5) is 0 Å². The van der Waals surface area contributed by atoms with Gasteiger partial charge in [-0.2, -0.15) is 0 Å². The lowest BCUT2D eigenvalue weighted by Gasteiger charge is -2.23. The molecule has 0 radical (unpaired) electrons. The van der Waals surface area contributed by atoms with Crippen molar-refractivity contribution in [3.05, 3.63) is 0 Å². The third-order valence-electron chi connectivity index (χ3n) is 3.67. The van der Waals surface area contributed by atoms with E-state index in [0.29, 0.717) is 12.1 Å². The zero-order valence-electron chi connectivity index (χ0n) is 13.1. The summed E-state index contributed by atoms with van der Waals surface area (Å²) in [5.74, 6) is 0.947. The van der Waals surface area contributed by atoms with E-state index in [2.05, 4.69) is 55.3 Å². The zero-order valence-corrected chi connectivity index (χ0v) is 15.4. The summed E-state index contributed by atoms with van der Waals surface area (Å²) < 4.78 is 0. The fourth-order valence-electron chi connectivity index (χ4n) is 1.85. The van der Waals surface area contributed by atoms with Crippen LogP contribution in [0.25, 0.3) is 0 Å². The topological polar surface area (TPSA) is 39.7 Å². The molecule has 0 aromatic heterocycles. The maximum atomic E-state index is 4.69. The molecule has 0 amide bonds. The van der Waals surface area contributed by atoms with Crippen LogP contribution in [0, 0.1) is 0 Å². The minimum Gasteiger partial charge on any atom is -0.357 e. The molecule has 0 saturated heterocycles. The molecule has 0 bridgehead atoms. The fourth-order valence-corrected chi connectivity index (χ4v) is 1.85. The standard InChI is InChI=1S/C14H30N4.HI/c1-6-11(3)17-14(15-7-2)16-10-12(4)18(5)13-8-9-13;/h11-13H,6-10H2,1-5H3,(H2,15,16,17);1H. The Balaban J connectivity index is 0.00000324. The molecule has 1 saturated carbocycles. The van der Waals surface area contributed by atoms with Crippen molar-refractivity contribution < 1.29 is 0 Å². The highest BCUT2D eigenvalue weighted by atomic mass is 127. The van der Waals surface area contributed by atoms with E-state index in [4.69, 9.17) is 0 Å². The lowest BCUT2D eigenvalue weighted by Crippen LogP contribution is -2.43. The summed E-state index contributed by atoms with van der Waals surface area (Å²) in [6.07, 6.45) is 3.83. The average molecular weight is 382 g/mol. The summed E-state index contributed by atoms with van der Waals surface area (Å²) in [4.78, 5) is 7.14. The third-order valence-corrected chi connectivity index (χ3v) is 3.67. The number of hydrogen-bond acceptors (Lipinski definition) is 2. The molecular formula is C14H31IN4. The highest BCUT2D eigenvalue weighted by Gasteiger charge is 2.28. The van der Waals surface area contributed by atoms with Gasteiger partial charge in [0.1, 0.15) is 0 Å². The van der Waals surface area contributed by atoms with E-state index in [1.54, 1.807) is 0 Å². The highest BCUT2D eigenvalue weighted by molar-refractivity contribution is 14.0. The van der Waals surface area contributed by atoms with Gasteiger partial charge in [-0.1, -0.05) is 6.92 Å². The molecule has 1 aliphatic rings. The lowest BCUT2D eigenvalue weighted by molar-refractivity contribution is 0.253. The predicted molar refractivity (Wildman–Crippen MR) is 94.5 cm³/mol. The smallest absolute Gasteiger partial charge is 0.191 e. The van der Waals surface area contributed by atoms with Crippen molar-refractivity contribution in [3.8, 4) is 0 Å². The van der Waals surface area contributed by atoms with Crippen LogP contribution in [0.15, 0.2) is 4.99 Å². The fraction of sp³-hybridized carbons (Fsp3) is 0.929. The van der Waals surface area contributed by atoms with Crippen molar-refractivity contribution in [2.24, 2.45) is 4.99 Å². The van der Waals surface area contributed by atoms with Crippen LogP contribution in [-0.4, -0.2) is 49.1 Å². The van der Waals surface area contributed by atoms with Gasteiger partial charge in [-0.3, -0.25) is 9.89 Å². The molecule has 114 valence electrons. The molecule has 0 aromatic carbocycles. The summed E-state index contributed by atoms with van der Waals surface area (Å²) >= 11 is 0. The first-order valence-electron chi connectivity index (χ1n) is 7.35. The first-order valence-corrected chi connectivity index (χ1v) is 7.35. The normalized spacial score (nSPS) is 18.7. The van der Waals surface area contributed by atoms with Gasteiger partial charge in [0, 0.05) is 24.7 Å². The summed E-state index contributed by atoms with van der Waals surface area (Å²) in [5.41, 5.74) is 0. The minimum absolute atomic E-state index is 0. The van der Waals surface area contributed by atoms with Crippen molar-refractivity contribution in [3.63, 3.8) is 0 Å². The molecule has 19 heavy (non-hydrogen) atoms. The van der Waals surface area contributed by atoms with E-state index >= 15 is 0 Å². The lowest BCUT2D eigenvalue weighted by atomic mass is 10.3. The third kappa shape index (κ3) is 7.34. The quantitative estimate of drug-likeness (QED) is 0.404. The maximum Gasteiger partial charge on any atom is 0.191 e. The first kappa shape index (κ1) is 19.0. The summed E-state index contributed by atoms with van der Waals surface area (Å²) in [7, 11) is 2.22. The molecule has 4 nitrogen and oxygen atoms in total. The Morgan fingerprint density at radius 2 is 1.95 bits per heavy atom. The molecule has 2 atom stereocenters. The van der Waals surface area contributed by atoms with Crippen molar-refractivity contribution in [1.82, 2.24) is 15.5 Å². The summed E-state index contributed by atoms with van der Waals surface area (Å²) in [6.45, 7) is 10.5. The number of aliphatic imine (C=N–C) groups is 1. The van der Waals surface area contributed by atoms with Crippen molar-refractivity contribution in [2.75, 3.05) is 20.1 Å². The van der Waals surface area contributed by atoms with Gasteiger partial charge in [-0.05, 0) is 47.1 Å². The van der Waals surface area contributed by atoms with Crippen LogP contribution in [0.3, 0.4) is 0 Å². The minimum atomic E-state index is 0. The highest BCUT2D eigenvalue weighted by Crippen LogP contribution is 2.26. The van der Waals surface area contributed by atoms with Gasteiger partial charge in [-0.25, -0.2) is 0 Å². The monoisotopic (exact) mass is 382 g/mol. The molecular weight excluding hydrogens is 351 g/mol. The Morgan fingerprint density at radius 3 is 2.42 bits per heavy atom. The van der Waals surface area contributed by atoms with Gasteiger partial charge in [0.15, 0.2) is 5.96 Å². The van der Waals surface area contributed by atoms with Crippen LogP contribution >= 0.6 is 24.0 Å². The van der Waals surface area contributed by atoms with E-state index in [-0.39, 0.29) is 24.0 Å². The van der Waals surface area contributed by atoms with Gasteiger partial charge >= 0.3 is 0 Å². The molecule has 1 rings (SSSR count).